The van der Waals surface area contributed by atoms with Crippen LogP contribution in [0.3, 0.4) is 0 Å². The third-order valence-corrected chi connectivity index (χ3v) is 4.17. The highest BCUT2D eigenvalue weighted by molar-refractivity contribution is 6.15. The molecular weight excluding hydrogens is 324 g/mol. The van der Waals surface area contributed by atoms with Gasteiger partial charge in [-0.15, -0.1) is 0 Å². The van der Waals surface area contributed by atoms with E-state index in [9.17, 15) is 9.90 Å². The molecule has 0 atom stereocenters. The van der Waals surface area contributed by atoms with Crippen molar-refractivity contribution in [3.63, 3.8) is 0 Å². The molecule has 3 aromatic carbocycles. The van der Waals surface area contributed by atoms with Gasteiger partial charge in [0.15, 0.2) is 11.5 Å². The van der Waals surface area contributed by atoms with Crippen molar-refractivity contribution in [2.45, 2.75) is 0 Å². The lowest BCUT2D eigenvalue weighted by atomic mass is 9.98. The van der Waals surface area contributed by atoms with Gasteiger partial charge in [-0.05, 0) is 29.0 Å². The van der Waals surface area contributed by atoms with Crippen LogP contribution < -0.4 is 18.9 Å². The average molecular weight is 342 g/mol. The molecule has 3 aromatic rings. The maximum Gasteiger partial charge on any atom is 0.335 e. The fourth-order valence-corrected chi connectivity index (χ4v) is 3.11. The number of hydrogen-bond donors (Lipinski definition) is 1. The number of rotatable bonds is 5. The fraction of sp³-hybridized carbons (Fsp3) is 0.211. The lowest BCUT2D eigenvalue weighted by molar-refractivity contribution is 0.0697. The highest BCUT2D eigenvalue weighted by Gasteiger charge is 2.24. The first kappa shape index (κ1) is 16.7. The molecule has 1 N–H and O–H groups in total. The van der Waals surface area contributed by atoms with Crippen LogP contribution in [-0.2, 0) is 0 Å². The molecule has 130 valence electrons. The number of hydrogen-bond acceptors (Lipinski definition) is 5. The van der Waals surface area contributed by atoms with E-state index in [4.69, 9.17) is 18.9 Å². The molecule has 0 amide bonds. The predicted molar refractivity (Wildman–Crippen MR) is 94.6 cm³/mol. The summed E-state index contributed by atoms with van der Waals surface area (Å²) in [5.41, 5.74) is 0.221. The quantitative estimate of drug-likeness (QED) is 0.712. The van der Waals surface area contributed by atoms with Crippen molar-refractivity contribution in [1.82, 2.24) is 0 Å². The van der Waals surface area contributed by atoms with Crippen LogP contribution in [0.15, 0.2) is 30.3 Å². The van der Waals surface area contributed by atoms with E-state index in [2.05, 4.69) is 0 Å². The number of carboxylic acids is 1. The molecule has 0 aromatic heterocycles. The molecule has 0 spiro atoms. The zero-order valence-electron chi connectivity index (χ0n) is 14.4. The summed E-state index contributed by atoms with van der Waals surface area (Å²) in [5, 5.41) is 12.4. The van der Waals surface area contributed by atoms with Gasteiger partial charge in [0.2, 0.25) is 11.5 Å². The molecule has 0 aliphatic rings. The largest absolute Gasteiger partial charge is 0.492 e. The lowest BCUT2D eigenvalue weighted by Crippen LogP contribution is -2.00. The first-order valence-electron chi connectivity index (χ1n) is 7.53. The standard InChI is InChI=1S/C19H18O6/c1-22-15-13-8-5-10-9-11(19(20)21)6-7-12(10)14(13)16(23-2)18(25-4)17(15)24-3/h5-9H,1-4H3,(H,20,21). The van der Waals surface area contributed by atoms with Crippen LogP contribution in [0.5, 0.6) is 23.0 Å². The molecule has 0 radical (unpaired) electrons. The van der Waals surface area contributed by atoms with Crippen LogP contribution in [0.2, 0.25) is 0 Å². The lowest BCUT2D eigenvalue weighted by Gasteiger charge is -2.19. The summed E-state index contributed by atoms with van der Waals surface area (Å²) in [6.07, 6.45) is 0. The number of carboxylic acid groups (broad SMARTS) is 1. The van der Waals surface area contributed by atoms with E-state index in [1.807, 2.05) is 12.1 Å². The Bertz CT molecular complexity index is 977. The van der Waals surface area contributed by atoms with Crippen molar-refractivity contribution in [3.8, 4) is 23.0 Å². The van der Waals surface area contributed by atoms with Crippen LogP contribution >= 0.6 is 0 Å². The third-order valence-electron chi connectivity index (χ3n) is 4.17. The van der Waals surface area contributed by atoms with Gasteiger partial charge < -0.3 is 24.1 Å². The van der Waals surface area contributed by atoms with Crippen molar-refractivity contribution >= 4 is 27.5 Å². The molecular formula is C19H18O6. The van der Waals surface area contributed by atoms with E-state index in [1.54, 1.807) is 32.4 Å². The molecule has 0 unspecified atom stereocenters. The zero-order valence-corrected chi connectivity index (χ0v) is 14.4. The molecule has 0 aliphatic heterocycles. The van der Waals surface area contributed by atoms with Crippen molar-refractivity contribution in [3.05, 3.63) is 35.9 Å². The minimum atomic E-state index is -0.973. The molecule has 0 fully saturated rings. The van der Waals surface area contributed by atoms with Crippen LogP contribution in [-0.4, -0.2) is 39.5 Å². The minimum Gasteiger partial charge on any atom is -0.492 e. The molecule has 0 saturated heterocycles. The number of carbonyl (C=O) groups is 1. The second-order valence-electron chi connectivity index (χ2n) is 5.36. The Balaban J connectivity index is 2.53. The van der Waals surface area contributed by atoms with Gasteiger partial charge in [0.25, 0.3) is 0 Å². The maximum absolute atomic E-state index is 11.2. The Morgan fingerprint density at radius 3 is 1.88 bits per heavy atom. The molecule has 6 heteroatoms. The first-order chi connectivity index (χ1) is 12.1. The summed E-state index contributed by atoms with van der Waals surface area (Å²) >= 11 is 0. The topological polar surface area (TPSA) is 74.2 Å². The van der Waals surface area contributed by atoms with E-state index in [-0.39, 0.29) is 5.56 Å². The molecule has 0 aliphatic carbocycles. The van der Waals surface area contributed by atoms with Crippen molar-refractivity contribution < 1.29 is 28.8 Å². The Hall–Kier alpha value is -3.15. The van der Waals surface area contributed by atoms with Crippen LogP contribution in [0.25, 0.3) is 21.5 Å². The number of ether oxygens (including phenoxy) is 4. The molecule has 0 heterocycles. The number of methoxy groups -OCH3 is 4. The third kappa shape index (κ3) is 2.46. The Morgan fingerprint density at radius 2 is 1.32 bits per heavy atom. The van der Waals surface area contributed by atoms with Gasteiger partial charge in [-0.1, -0.05) is 12.1 Å². The minimum absolute atomic E-state index is 0.221. The maximum atomic E-state index is 11.2. The molecule has 0 saturated carbocycles. The van der Waals surface area contributed by atoms with E-state index >= 15 is 0 Å². The summed E-state index contributed by atoms with van der Waals surface area (Å²) in [5.74, 6) is 0.919. The average Bonchev–Trinajstić information content (AvgIpc) is 2.64. The van der Waals surface area contributed by atoms with Crippen LogP contribution in [0.4, 0.5) is 0 Å². The van der Waals surface area contributed by atoms with Crippen molar-refractivity contribution in [1.29, 1.82) is 0 Å². The zero-order chi connectivity index (χ0) is 18.1. The van der Waals surface area contributed by atoms with E-state index in [0.29, 0.717) is 23.0 Å². The Kier molecular flexibility index (Phi) is 4.27. The fourth-order valence-electron chi connectivity index (χ4n) is 3.11. The SMILES string of the molecule is COc1c(OC)c(OC)c2c(ccc3cc(C(=O)O)ccc32)c1OC. The molecule has 3 rings (SSSR count). The smallest absolute Gasteiger partial charge is 0.335 e. The molecule has 6 nitrogen and oxygen atoms in total. The highest BCUT2D eigenvalue weighted by Crippen LogP contribution is 2.52. The summed E-state index contributed by atoms with van der Waals surface area (Å²) in [4.78, 5) is 11.2. The van der Waals surface area contributed by atoms with E-state index in [0.717, 1.165) is 21.5 Å². The Labute approximate surface area is 144 Å². The van der Waals surface area contributed by atoms with Gasteiger partial charge >= 0.3 is 5.97 Å². The molecule has 0 bridgehead atoms. The van der Waals surface area contributed by atoms with Gasteiger partial charge in [-0.3, -0.25) is 0 Å². The monoisotopic (exact) mass is 342 g/mol. The highest BCUT2D eigenvalue weighted by atomic mass is 16.5. The summed E-state index contributed by atoms with van der Waals surface area (Å²) in [6, 6.07) is 8.64. The number of benzene rings is 3. The van der Waals surface area contributed by atoms with Gasteiger partial charge in [0, 0.05) is 10.8 Å². The summed E-state index contributed by atoms with van der Waals surface area (Å²) in [7, 11) is 6.17. The van der Waals surface area contributed by atoms with Gasteiger partial charge in [-0.2, -0.15) is 0 Å². The van der Waals surface area contributed by atoms with E-state index < -0.39 is 5.97 Å². The second-order valence-corrected chi connectivity index (χ2v) is 5.36. The Morgan fingerprint density at radius 1 is 0.760 bits per heavy atom. The summed E-state index contributed by atoms with van der Waals surface area (Å²) < 4.78 is 22.1. The van der Waals surface area contributed by atoms with Gasteiger partial charge in [-0.25, -0.2) is 4.79 Å². The summed E-state index contributed by atoms with van der Waals surface area (Å²) in [6.45, 7) is 0. The van der Waals surface area contributed by atoms with Gasteiger partial charge in [0.05, 0.1) is 34.0 Å². The molecule has 25 heavy (non-hydrogen) atoms. The first-order valence-corrected chi connectivity index (χ1v) is 7.53. The number of fused-ring (bicyclic) bond motifs is 3. The second kappa shape index (κ2) is 6.39. The van der Waals surface area contributed by atoms with Crippen LogP contribution in [0, 0.1) is 0 Å². The van der Waals surface area contributed by atoms with E-state index in [1.165, 1.54) is 14.2 Å². The predicted octanol–water partition coefficient (Wildman–Crippen LogP) is 3.73. The van der Waals surface area contributed by atoms with Crippen molar-refractivity contribution in [2.75, 3.05) is 28.4 Å². The normalized spacial score (nSPS) is 10.7. The van der Waals surface area contributed by atoms with Crippen molar-refractivity contribution in [2.24, 2.45) is 0 Å². The van der Waals surface area contributed by atoms with Gasteiger partial charge in [0.1, 0.15) is 0 Å². The van der Waals surface area contributed by atoms with Crippen LogP contribution in [0.1, 0.15) is 10.4 Å². The number of aromatic carboxylic acids is 1.